The third-order valence-electron chi connectivity index (χ3n) is 4.18. The summed E-state index contributed by atoms with van der Waals surface area (Å²) in [5, 5.41) is 15.7. The number of sulfonamides is 1. The Bertz CT molecular complexity index is 506. The number of nitrogens with one attached hydrogen (secondary N) is 1. The lowest BCUT2D eigenvalue weighted by Gasteiger charge is -2.16. The van der Waals surface area contributed by atoms with E-state index in [0.29, 0.717) is 0 Å². The maximum Gasteiger partial charge on any atom is 0.405 e. The molecule has 4 N–H and O–H groups in total. The molecule has 0 aromatic rings. The van der Waals surface area contributed by atoms with Crippen LogP contribution in [0.3, 0.4) is 0 Å². The fourth-order valence-electron chi connectivity index (χ4n) is 2.58. The largest absolute Gasteiger partial charge is 0.465 e. The molecule has 0 aromatic carbocycles. The maximum atomic E-state index is 11.3. The van der Waals surface area contributed by atoms with Gasteiger partial charge in [-0.25, -0.2) is 18.4 Å². The van der Waals surface area contributed by atoms with E-state index in [9.17, 15) is 13.2 Å². The van der Waals surface area contributed by atoms with Crippen molar-refractivity contribution in [3.63, 3.8) is 0 Å². The molecule has 0 aromatic heterocycles. The van der Waals surface area contributed by atoms with Gasteiger partial charge in [-0.1, -0.05) is 38.2 Å². The minimum atomic E-state index is -3.31. The number of hydrogen-bond acceptors (Lipinski definition) is 3. The summed E-state index contributed by atoms with van der Waals surface area (Å²) in [4.78, 5) is 9.90. The monoisotopic (exact) mass is 376 g/mol. The van der Waals surface area contributed by atoms with Crippen LogP contribution in [0.1, 0.15) is 85.0 Å². The van der Waals surface area contributed by atoms with E-state index in [1.54, 1.807) is 20.8 Å². The molecule has 0 heterocycles. The summed E-state index contributed by atoms with van der Waals surface area (Å²) in [5.74, 6) is 0. The number of hydrogen-bond donors (Lipinski definition) is 3. The van der Waals surface area contributed by atoms with E-state index in [-0.39, 0.29) is 5.54 Å². The molecule has 1 saturated carbocycles. The lowest BCUT2D eigenvalue weighted by molar-refractivity contribution is 0.184. The summed E-state index contributed by atoms with van der Waals surface area (Å²) < 4.78 is 22.1. The van der Waals surface area contributed by atoms with Gasteiger partial charge >= 0.3 is 6.09 Å². The molecule has 1 aliphatic rings. The van der Waals surface area contributed by atoms with Crippen molar-refractivity contribution >= 4 is 16.1 Å². The molecule has 0 atom stereocenters. The molecule has 1 aliphatic carbocycles. The highest BCUT2D eigenvalue weighted by Crippen LogP contribution is 2.46. The van der Waals surface area contributed by atoms with Crippen LogP contribution in [0.5, 0.6) is 0 Å². The quantitative estimate of drug-likeness (QED) is 0.392. The first-order chi connectivity index (χ1) is 11.4. The predicted molar refractivity (Wildman–Crippen MR) is 103 cm³/mol. The highest BCUT2D eigenvalue weighted by atomic mass is 32.2. The second kappa shape index (κ2) is 10.8. The lowest BCUT2D eigenvalue weighted by atomic mass is 10.1. The van der Waals surface area contributed by atoms with Crippen molar-refractivity contribution in [3.8, 4) is 0 Å². The number of amides is 1. The first-order valence-electron chi connectivity index (χ1n) is 9.08. The van der Waals surface area contributed by atoms with Crippen LogP contribution in [0, 0.1) is 0 Å². The fourth-order valence-corrected chi connectivity index (χ4v) is 3.68. The lowest BCUT2D eigenvalue weighted by Crippen LogP contribution is -2.39. The molecule has 1 amide bonds. The molecule has 0 spiro atoms. The van der Waals surface area contributed by atoms with Crippen molar-refractivity contribution in [2.75, 3.05) is 0 Å². The minimum Gasteiger partial charge on any atom is -0.465 e. The Morgan fingerprint density at radius 1 is 1.16 bits per heavy atom. The average molecular weight is 377 g/mol. The van der Waals surface area contributed by atoms with Crippen LogP contribution in [0.15, 0.2) is 12.7 Å². The number of allylic oxidation sites excluding steroid dienone is 1. The Kier molecular flexibility index (Phi) is 10.3. The first-order valence-corrected chi connectivity index (χ1v) is 10.6. The second-order valence-corrected chi connectivity index (χ2v) is 9.81. The molecule has 0 radical (unpaired) electrons. The third-order valence-corrected chi connectivity index (χ3v) is 6.00. The van der Waals surface area contributed by atoms with E-state index in [0.717, 1.165) is 38.5 Å². The van der Waals surface area contributed by atoms with E-state index < -0.39 is 20.9 Å². The van der Waals surface area contributed by atoms with Crippen LogP contribution in [-0.4, -0.2) is 29.9 Å². The molecule has 0 bridgehead atoms. The van der Waals surface area contributed by atoms with Gasteiger partial charge in [0, 0.05) is 5.54 Å². The summed E-state index contributed by atoms with van der Waals surface area (Å²) in [6.07, 6.45) is 11.5. The molecule has 0 aliphatic heterocycles. The number of rotatable bonds is 10. The van der Waals surface area contributed by atoms with Gasteiger partial charge in [0.25, 0.3) is 0 Å². The van der Waals surface area contributed by atoms with Crippen LogP contribution in [0.2, 0.25) is 0 Å². The van der Waals surface area contributed by atoms with Crippen molar-refractivity contribution in [1.82, 2.24) is 5.32 Å². The van der Waals surface area contributed by atoms with Gasteiger partial charge in [-0.2, -0.15) is 0 Å². The first kappa shape index (κ1) is 23.9. The van der Waals surface area contributed by atoms with E-state index in [1.807, 2.05) is 6.08 Å². The zero-order chi connectivity index (χ0) is 19.6. The van der Waals surface area contributed by atoms with Crippen molar-refractivity contribution < 1.29 is 18.3 Å². The molecule has 0 saturated heterocycles. The predicted octanol–water partition coefficient (Wildman–Crippen LogP) is 4.17. The Morgan fingerprint density at radius 2 is 1.64 bits per heavy atom. The minimum absolute atomic E-state index is 0.328. The number of unbranched alkanes of at least 4 members (excludes halogenated alkanes) is 6. The highest BCUT2D eigenvalue weighted by Gasteiger charge is 2.51. The normalized spacial score (nSPS) is 15.7. The van der Waals surface area contributed by atoms with Gasteiger partial charge < -0.3 is 10.4 Å². The smallest absolute Gasteiger partial charge is 0.405 e. The van der Waals surface area contributed by atoms with Gasteiger partial charge in [0.05, 0.1) is 4.75 Å². The SMILES string of the molecule is C=CCCCCCCCCC1(S(N)(=O)=O)CC1.CC(C)(C)NC(=O)O. The molecule has 1 rings (SSSR count). The molecule has 148 valence electrons. The summed E-state index contributed by atoms with van der Waals surface area (Å²) in [6.45, 7) is 9.07. The molecule has 1 fully saturated rings. The zero-order valence-corrected chi connectivity index (χ0v) is 16.8. The zero-order valence-electron chi connectivity index (χ0n) is 16.0. The number of nitrogens with two attached hydrogens (primary N) is 1. The second-order valence-electron chi connectivity index (χ2n) is 7.86. The van der Waals surface area contributed by atoms with Gasteiger partial charge in [-0.05, 0) is 52.9 Å². The summed E-state index contributed by atoms with van der Waals surface area (Å²) in [6, 6.07) is 0. The van der Waals surface area contributed by atoms with Crippen LogP contribution in [0.4, 0.5) is 4.79 Å². The van der Waals surface area contributed by atoms with Gasteiger partial charge in [0.1, 0.15) is 0 Å². The van der Waals surface area contributed by atoms with E-state index in [1.165, 1.54) is 25.7 Å². The Labute approximate surface area is 153 Å². The molecular weight excluding hydrogens is 340 g/mol. The third kappa shape index (κ3) is 12.0. The molecule has 6 nitrogen and oxygen atoms in total. The highest BCUT2D eigenvalue weighted by molar-refractivity contribution is 7.90. The molecular formula is C18H36N2O4S. The maximum absolute atomic E-state index is 11.3. The average Bonchev–Trinajstić information content (AvgIpc) is 3.20. The van der Waals surface area contributed by atoms with Crippen molar-refractivity contribution in [3.05, 3.63) is 12.7 Å². The van der Waals surface area contributed by atoms with Gasteiger partial charge in [0.2, 0.25) is 10.0 Å². The standard InChI is InChI=1S/C13H25NO2S.C5H11NO2/c1-2-3-4-5-6-7-8-9-10-13(11-12-13)17(14,15)16;1-5(2,3)6-4(7)8/h2H,1,3-12H2,(H2,14,15,16);6H,1-3H3,(H,7,8). The Morgan fingerprint density at radius 3 is 1.96 bits per heavy atom. The molecule has 25 heavy (non-hydrogen) atoms. The van der Waals surface area contributed by atoms with Crippen molar-refractivity contribution in [2.24, 2.45) is 5.14 Å². The fraction of sp³-hybridized carbons (Fsp3) is 0.833. The van der Waals surface area contributed by atoms with Crippen molar-refractivity contribution in [2.45, 2.75) is 95.3 Å². The number of primary sulfonamides is 1. The van der Waals surface area contributed by atoms with Gasteiger partial charge in [-0.3, -0.25) is 0 Å². The van der Waals surface area contributed by atoms with Gasteiger partial charge in [0.15, 0.2) is 0 Å². The Hall–Kier alpha value is -1.08. The van der Waals surface area contributed by atoms with Crippen LogP contribution < -0.4 is 10.5 Å². The van der Waals surface area contributed by atoms with E-state index in [4.69, 9.17) is 10.2 Å². The summed E-state index contributed by atoms with van der Waals surface area (Å²) >= 11 is 0. The van der Waals surface area contributed by atoms with E-state index in [2.05, 4.69) is 11.9 Å². The summed E-state index contributed by atoms with van der Waals surface area (Å²) in [5.41, 5.74) is -0.328. The van der Waals surface area contributed by atoms with Crippen LogP contribution >= 0.6 is 0 Å². The van der Waals surface area contributed by atoms with Crippen LogP contribution in [0.25, 0.3) is 0 Å². The van der Waals surface area contributed by atoms with E-state index >= 15 is 0 Å². The molecule has 7 heteroatoms. The molecule has 0 unspecified atom stereocenters. The Balaban J connectivity index is 0.000000609. The number of carboxylic acid groups (broad SMARTS) is 1. The van der Waals surface area contributed by atoms with Crippen LogP contribution in [-0.2, 0) is 10.0 Å². The summed E-state index contributed by atoms with van der Waals surface area (Å²) in [7, 11) is -3.31. The van der Waals surface area contributed by atoms with Gasteiger partial charge in [-0.15, -0.1) is 6.58 Å². The topological polar surface area (TPSA) is 109 Å². The number of carbonyl (C=O) groups is 1. The van der Waals surface area contributed by atoms with Crippen molar-refractivity contribution in [1.29, 1.82) is 0 Å².